The second-order valence-corrected chi connectivity index (χ2v) is 7.24. The lowest BCUT2D eigenvalue weighted by Crippen LogP contribution is -2.52. The lowest BCUT2D eigenvalue weighted by Gasteiger charge is -2.34. The van der Waals surface area contributed by atoms with Crippen LogP contribution in [0.5, 0.6) is 0 Å². The molecule has 0 saturated carbocycles. The van der Waals surface area contributed by atoms with Gasteiger partial charge in [-0.05, 0) is 19.3 Å². The Morgan fingerprint density at radius 3 is 2.48 bits per heavy atom. The van der Waals surface area contributed by atoms with E-state index >= 15 is 0 Å². The van der Waals surface area contributed by atoms with Gasteiger partial charge in [-0.1, -0.05) is 19.0 Å². The Hall–Kier alpha value is -2.42. The largest absolute Gasteiger partial charge is 0.360 e. The molecule has 2 heterocycles. The van der Waals surface area contributed by atoms with Crippen LogP contribution in [0, 0.1) is 12.8 Å². The summed E-state index contributed by atoms with van der Waals surface area (Å²) in [6.07, 6.45) is 1.26. The first-order valence-electron chi connectivity index (χ1n) is 9.33. The standard InChI is InChI=1S/C18H29N5O4/c1-13(2)4-5-16(24)19-11-18(26)23-8-6-22(7-9-23)12-17(25)20-15-10-14(3)27-21-15/h10,13H,4-9,11-12H2,1-3H3,(H,19,24)(H,20,21,25). The minimum absolute atomic E-state index is 0.0307. The Balaban J connectivity index is 1.64. The van der Waals surface area contributed by atoms with Crippen LogP contribution in [0.25, 0.3) is 0 Å². The average molecular weight is 379 g/mol. The zero-order chi connectivity index (χ0) is 19.8. The van der Waals surface area contributed by atoms with Crippen molar-refractivity contribution in [3.05, 3.63) is 11.8 Å². The van der Waals surface area contributed by atoms with Gasteiger partial charge in [0.15, 0.2) is 5.82 Å². The summed E-state index contributed by atoms with van der Waals surface area (Å²) in [6.45, 7) is 8.44. The molecule has 1 aromatic rings. The van der Waals surface area contributed by atoms with Gasteiger partial charge in [-0.15, -0.1) is 0 Å². The van der Waals surface area contributed by atoms with Crippen LogP contribution in [0.4, 0.5) is 5.82 Å². The number of anilines is 1. The van der Waals surface area contributed by atoms with Gasteiger partial charge < -0.3 is 20.1 Å². The lowest BCUT2D eigenvalue weighted by atomic mass is 10.1. The predicted octanol–water partition coefficient (Wildman–Crippen LogP) is 0.618. The number of nitrogens with zero attached hydrogens (tertiary/aromatic N) is 3. The first-order chi connectivity index (χ1) is 12.8. The van der Waals surface area contributed by atoms with Gasteiger partial charge in [0.2, 0.25) is 17.7 Å². The van der Waals surface area contributed by atoms with Crippen molar-refractivity contribution in [3.63, 3.8) is 0 Å². The maximum atomic E-state index is 12.2. The van der Waals surface area contributed by atoms with Gasteiger partial charge in [-0.25, -0.2) is 0 Å². The van der Waals surface area contributed by atoms with E-state index in [0.717, 1.165) is 6.42 Å². The first-order valence-corrected chi connectivity index (χ1v) is 9.33. The average Bonchev–Trinajstić information content (AvgIpc) is 3.03. The summed E-state index contributed by atoms with van der Waals surface area (Å²) in [5, 5.41) is 9.10. The highest BCUT2D eigenvalue weighted by Gasteiger charge is 2.22. The molecule has 0 bridgehead atoms. The van der Waals surface area contributed by atoms with E-state index in [0.29, 0.717) is 50.1 Å². The van der Waals surface area contributed by atoms with Gasteiger partial charge in [0, 0.05) is 38.7 Å². The van der Waals surface area contributed by atoms with Gasteiger partial charge in [-0.3, -0.25) is 19.3 Å². The van der Waals surface area contributed by atoms with E-state index < -0.39 is 0 Å². The van der Waals surface area contributed by atoms with Crippen LogP contribution in [-0.2, 0) is 14.4 Å². The molecular formula is C18H29N5O4. The third kappa shape index (κ3) is 7.38. The molecule has 0 aliphatic carbocycles. The van der Waals surface area contributed by atoms with Crippen molar-refractivity contribution in [1.29, 1.82) is 0 Å². The van der Waals surface area contributed by atoms with Crippen LogP contribution in [0.15, 0.2) is 10.6 Å². The number of piperazine rings is 1. The fraction of sp³-hybridized carbons (Fsp3) is 0.667. The minimum Gasteiger partial charge on any atom is -0.360 e. The second-order valence-electron chi connectivity index (χ2n) is 7.24. The number of hydrogen-bond donors (Lipinski definition) is 2. The molecule has 2 N–H and O–H groups in total. The van der Waals surface area contributed by atoms with Crippen molar-refractivity contribution in [3.8, 4) is 0 Å². The molecule has 9 heteroatoms. The normalized spacial score (nSPS) is 15.0. The van der Waals surface area contributed by atoms with Crippen LogP contribution in [0.2, 0.25) is 0 Å². The maximum Gasteiger partial charge on any atom is 0.242 e. The highest BCUT2D eigenvalue weighted by Crippen LogP contribution is 2.08. The van der Waals surface area contributed by atoms with Gasteiger partial charge in [0.1, 0.15) is 5.76 Å². The van der Waals surface area contributed by atoms with Gasteiger partial charge in [0.25, 0.3) is 0 Å². The van der Waals surface area contributed by atoms with E-state index in [9.17, 15) is 14.4 Å². The van der Waals surface area contributed by atoms with Crippen molar-refractivity contribution in [2.24, 2.45) is 5.92 Å². The fourth-order valence-corrected chi connectivity index (χ4v) is 2.76. The van der Waals surface area contributed by atoms with Crippen LogP contribution in [0.1, 0.15) is 32.4 Å². The molecule has 27 heavy (non-hydrogen) atoms. The molecule has 0 atom stereocenters. The molecule has 1 aliphatic rings. The Bertz CT molecular complexity index is 650. The number of carbonyl (C=O) groups is 3. The molecule has 0 unspecified atom stereocenters. The van der Waals surface area contributed by atoms with Crippen molar-refractivity contribution in [2.45, 2.75) is 33.6 Å². The van der Waals surface area contributed by atoms with Gasteiger partial charge >= 0.3 is 0 Å². The molecule has 9 nitrogen and oxygen atoms in total. The zero-order valence-corrected chi connectivity index (χ0v) is 16.3. The SMILES string of the molecule is Cc1cc(NC(=O)CN2CCN(C(=O)CNC(=O)CCC(C)C)CC2)no1. The van der Waals surface area contributed by atoms with E-state index in [1.807, 2.05) is 4.90 Å². The molecular weight excluding hydrogens is 350 g/mol. The molecule has 150 valence electrons. The number of amides is 3. The number of nitrogens with one attached hydrogen (secondary N) is 2. The van der Waals surface area contributed by atoms with Crippen molar-refractivity contribution in [2.75, 3.05) is 44.6 Å². The summed E-state index contributed by atoms with van der Waals surface area (Å²) in [7, 11) is 0. The third-order valence-electron chi connectivity index (χ3n) is 4.37. The fourth-order valence-electron chi connectivity index (χ4n) is 2.76. The number of rotatable bonds is 8. The lowest BCUT2D eigenvalue weighted by molar-refractivity contribution is -0.134. The molecule has 1 aromatic heterocycles. The van der Waals surface area contributed by atoms with Crippen LogP contribution in [-0.4, -0.2) is 71.9 Å². The second kappa shape index (κ2) is 10.1. The first kappa shape index (κ1) is 20.9. The summed E-state index contributed by atoms with van der Waals surface area (Å²) >= 11 is 0. The highest BCUT2D eigenvalue weighted by atomic mass is 16.5. The van der Waals surface area contributed by atoms with E-state index in [-0.39, 0.29) is 30.8 Å². The minimum atomic E-state index is -0.166. The number of hydrogen-bond acceptors (Lipinski definition) is 6. The monoisotopic (exact) mass is 379 g/mol. The van der Waals surface area contributed by atoms with E-state index in [1.54, 1.807) is 17.9 Å². The summed E-state index contributed by atoms with van der Waals surface area (Å²) in [5.41, 5.74) is 0. The Labute approximate surface area is 159 Å². The van der Waals surface area contributed by atoms with Crippen LogP contribution in [0.3, 0.4) is 0 Å². The zero-order valence-electron chi connectivity index (χ0n) is 16.3. The van der Waals surface area contributed by atoms with E-state index in [1.165, 1.54) is 0 Å². The van der Waals surface area contributed by atoms with Crippen LogP contribution < -0.4 is 10.6 Å². The summed E-state index contributed by atoms with van der Waals surface area (Å²) < 4.78 is 4.91. The number of aromatic nitrogens is 1. The van der Waals surface area contributed by atoms with Crippen molar-refractivity contribution >= 4 is 23.5 Å². The Morgan fingerprint density at radius 2 is 1.89 bits per heavy atom. The summed E-state index contributed by atoms with van der Waals surface area (Å²) in [6, 6.07) is 1.66. The maximum absolute atomic E-state index is 12.2. The number of aryl methyl sites for hydroxylation is 1. The van der Waals surface area contributed by atoms with E-state index in [2.05, 4.69) is 29.6 Å². The van der Waals surface area contributed by atoms with E-state index in [4.69, 9.17) is 4.52 Å². The quantitative estimate of drug-likeness (QED) is 0.685. The van der Waals surface area contributed by atoms with Crippen molar-refractivity contribution in [1.82, 2.24) is 20.3 Å². The summed E-state index contributed by atoms with van der Waals surface area (Å²) in [4.78, 5) is 39.7. The molecule has 0 spiro atoms. The molecule has 1 saturated heterocycles. The van der Waals surface area contributed by atoms with Crippen LogP contribution >= 0.6 is 0 Å². The molecule has 3 amide bonds. The van der Waals surface area contributed by atoms with Gasteiger partial charge in [-0.2, -0.15) is 0 Å². The topological polar surface area (TPSA) is 108 Å². The molecule has 0 aromatic carbocycles. The van der Waals surface area contributed by atoms with Crippen molar-refractivity contribution < 1.29 is 18.9 Å². The smallest absolute Gasteiger partial charge is 0.242 e. The molecule has 1 fully saturated rings. The Kier molecular flexibility index (Phi) is 7.78. The molecule has 0 radical (unpaired) electrons. The highest BCUT2D eigenvalue weighted by molar-refractivity contribution is 5.91. The third-order valence-corrected chi connectivity index (χ3v) is 4.37. The Morgan fingerprint density at radius 1 is 1.19 bits per heavy atom. The molecule has 2 rings (SSSR count). The predicted molar refractivity (Wildman–Crippen MR) is 100.0 cm³/mol. The molecule has 1 aliphatic heterocycles. The summed E-state index contributed by atoms with van der Waals surface area (Å²) in [5.74, 6) is 1.16. The number of carbonyl (C=O) groups excluding carboxylic acids is 3. The van der Waals surface area contributed by atoms with Gasteiger partial charge in [0.05, 0.1) is 13.1 Å².